The molecule has 1 heterocycles. The van der Waals surface area contributed by atoms with E-state index in [1.807, 2.05) is 0 Å². The van der Waals surface area contributed by atoms with Gasteiger partial charge in [0.05, 0.1) is 19.3 Å². The first-order chi connectivity index (χ1) is 4.84. The van der Waals surface area contributed by atoms with Crippen LogP contribution in [0.3, 0.4) is 0 Å². The van der Waals surface area contributed by atoms with Gasteiger partial charge < -0.3 is 10.5 Å². The highest BCUT2D eigenvalue weighted by Crippen LogP contribution is 2.07. The molecule has 0 unspecified atom stereocenters. The molecule has 0 spiro atoms. The molecule has 0 aromatic heterocycles. The second-order valence-corrected chi connectivity index (χ2v) is 2.81. The van der Waals surface area contributed by atoms with E-state index < -0.39 is 0 Å². The summed E-state index contributed by atoms with van der Waals surface area (Å²) in [6, 6.07) is 0.659. The van der Waals surface area contributed by atoms with Crippen LogP contribution in [0.2, 0.25) is 0 Å². The molecular weight excluding hydrogens is 128 g/mol. The highest BCUT2D eigenvalue weighted by atomic mass is 16.5. The van der Waals surface area contributed by atoms with E-state index in [1.165, 1.54) is 0 Å². The molecule has 0 aliphatic carbocycles. The van der Waals surface area contributed by atoms with Gasteiger partial charge in [-0.15, -0.1) is 0 Å². The maximum Gasteiger partial charge on any atom is 0.0645 e. The first-order valence-corrected chi connectivity index (χ1v) is 3.82. The van der Waals surface area contributed by atoms with Crippen molar-refractivity contribution in [2.75, 3.05) is 33.4 Å². The van der Waals surface area contributed by atoms with Crippen molar-refractivity contribution in [2.45, 2.75) is 12.5 Å². The van der Waals surface area contributed by atoms with Crippen LogP contribution in [0.25, 0.3) is 0 Å². The number of hydrogen-bond acceptors (Lipinski definition) is 3. The second-order valence-electron chi connectivity index (χ2n) is 2.81. The third-order valence-corrected chi connectivity index (χ3v) is 1.96. The van der Waals surface area contributed by atoms with Gasteiger partial charge in [-0.05, 0) is 26.6 Å². The molecule has 1 rings (SSSR count). The fourth-order valence-electron chi connectivity index (χ4n) is 1.00. The predicted molar refractivity (Wildman–Crippen MR) is 40.9 cm³/mol. The number of nitrogens with zero attached hydrogens (tertiary/aromatic N) is 1. The van der Waals surface area contributed by atoms with Gasteiger partial charge in [-0.1, -0.05) is 0 Å². The van der Waals surface area contributed by atoms with E-state index in [1.54, 1.807) is 0 Å². The highest BCUT2D eigenvalue weighted by molar-refractivity contribution is 4.74. The van der Waals surface area contributed by atoms with Crippen LogP contribution in [0, 0.1) is 0 Å². The van der Waals surface area contributed by atoms with Crippen molar-refractivity contribution in [3.05, 3.63) is 0 Å². The molecule has 3 nitrogen and oxygen atoms in total. The van der Waals surface area contributed by atoms with Crippen LogP contribution in [0.4, 0.5) is 0 Å². The molecule has 10 heavy (non-hydrogen) atoms. The normalized spacial score (nSPS) is 19.5. The van der Waals surface area contributed by atoms with E-state index in [0.717, 1.165) is 32.7 Å². The maximum absolute atomic E-state index is 5.38. The molecular formula is C7H16N2O. The highest BCUT2D eigenvalue weighted by Gasteiger charge is 2.21. The summed E-state index contributed by atoms with van der Waals surface area (Å²) in [6.45, 7) is 3.70. The molecule has 0 atom stereocenters. The van der Waals surface area contributed by atoms with E-state index in [-0.39, 0.29) is 0 Å². The minimum absolute atomic E-state index is 0.659. The SMILES string of the molecule is CN(CCCN)C1COC1. The molecule has 0 aromatic carbocycles. The molecule has 0 amide bonds. The predicted octanol–water partition coefficient (Wildman–Crippen LogP) is -0.334. The molecule has 1 fully saturated rings. The molecule has 1 aliphatic heterocycles. The Morgan fingerprint density at radius 3 is 2.70 bits per heavy atom. The third-order valence-electron chi connectivity index (χ3n) is 1.96. The van der Waals surface area contributed by atoms with Gasteiger partial charge in [0.15, 0.2) is 0 Å². The standard InChI is InChI=1S/C7H16N2O/c1-9(4-2-3-8)7-5-10-6-7/h7H,2-6,8H2,1H3. The summed E-state index contributed by atoms with van der Waals surface area (Å²) in [7, 11) is 2.13. The monoisotopic (exact) mass is 144 g/mol. The topological polar surface area (TPSA) is 38.5 Å². The zero-order chi connectivity index (χ0) is 7.40. The minimum atomic E-state index is 0.659. The van der Waals surface area contributed by atoms with Gasteiger partial charge >= 0.3 is 0 Å². The van der Waals surface area contributed by atoms with Crippen molar-refractivity contribution < 1.29 is 4.74 Å². The quantitative estimate of drug-likeness (QED) is 0.587. The first-order valence-electron chi connectivity index (χ1n) is 3.82. The van der Waals surface area contributed by atoms with Crippen LogP contribution in [0.1, 0.15) is 6.42 Å². The van der Waals surface area contributed by atoms with Crippen LogP contribution in [-0.2, 0) is 4.74 Å². The largest absolute Gasteiger partial charge is 0.378 e. The number of ether oxygens (including phenoxy) is 1. The Balaban J connectivity index is 2.02. The Bertz CT molecular complexity index is 93.6. The molecule has 0 radical (unpaired) electrons. The van der Waals surface area contributed by atoms with Crippen LogP contribution >= 0.6 is 0 Å². The Kier molecular flexibility index (Phi) is 3.12. The average molecular weight is 144 g/mol. The summed E-state index contributed by atoms with van der Waals surface area (Å²) in [6.07, 6.45) is 1.09. The molecule has 3 heteroatoms. The van der Waals surface area contributed by atoms with Gasteiger partial charge in [0, 0.05) is 0 Å². The van der Waals surface area contributed by atoms with Crippen molar-refractivity contribution >= 4 is 0 Å². The second kappa shape index (κ2) is 3.91. The van der Waals surface area contributed by atoms with Gasteiger partial charge in [0.25, 0.3) is 0 Å². The van der Waals surface area contributed by atoms with Gasteiger partial charge in [-0.3, -0.25) is 4.90 Å². The number of rotatable bonds is 4. The summed E-state index contributed by atoms with van der Waals surface area (Å²) < 4.78 is 5.06. The van der Waals surface area contributed by atoms with Crippen LogP contribution in [0.15, 0.2) is 0 Å². The lowest BCUT2D eigenvalue weighted by molar-refractivity contribution is -0.0559. The minimum Gasteiger partial charge on any atom is -0.378 e. The van der Waals surface area contributed by atoms with Crippen molar-refractivity contribution in [3.8, 4) is 0 Å². The molecule has 2 N–H and O–H groups in total. The van der Waals surface area contributed by atoms with Crippen molar-refractivity contribution in [1.29, 1.82) is 0 Å². The summed E-state index contributed by atoms with van der Waals surface area (Å²) >= 11 is 0. The first kappa shape index (κ1) is 7.98. The molecule has 0 saturated carbocycles. The van der Waals surface area contributed by atoms with E-state index >= 15 is 0 Å². The Morgan fingerprint density at radius 2 is 2.30 bits per heavy atom. The van der Waals surface area contributed by atoms with Crippen LogP contribution in [-0.4, -0.2) is 44.3 Å². The molecule has 0 aromatic rings. The molecule has 1 aliphatic rings. The lowest BCUT2D eigenvalue weighted by atomic mass is 10.2. The molecule has 60 valence electrons. The van der Waals surface area contributed by atoms with E-state index in [4.69, 9.17) is 10.5 Å². The summed E-state index contributed by atoms with van der Waals surface area (Å²) in [4.78, 5) is 2.32. The van der Waals surface area contributed by atoms with Gasteiger partial charge in [-0.2, -0.15) is 0 Å². The summed E-state index contributed by atoms with van der Waals surface area (Å²) in [5.74, 6) is 0. The van der Waals surface area contributed by atoms with E-state index in [9.17, 15) is 0 Å². The summed E-state index contributed by atoms with van der Waals surface area (Å²) in [5.41, 5.74) is 5.38. The molecule has 0 bridgehead atoms. The lowest BCUT2D eigenvalue weighted by Gasteiger charge is -2.34. The fourth-order valence-corrected chi connectivity index (χ4v) is 1.00. The third kappa shape index (κ3) is 1.94. The van der Waals surface area contributed by atoms with Gasteiger partial charge in [0.1, 0.15) is 0 Å². The zero-order valence-corrected chi connectivity index (χ0v) is 6.55. The maximum atomic E-state index is 5.38. The van der Waals surface area contributed by atoms with E-state index in [0.29, 0.717) is 6.04 Å². The number of nitrogens with two attached hydrogens (primary N) is 1. The Morgan fingerprint density at radius 1 is 1.60 bits per heavy atom. The van der Waals surface area contributed by atoms with Crippen LogP contribution < -0.4 is 5.73 Å². The van der Waals surface area contributed by atoms with Crippen molar-refractivity contribution in [3.63, 3.8) is 0 Å². The van der Waals surface area contributed by atoms with Crippen LogP contribution in [0.5, 0.6) is 0 Å². The summed E-state index contributed by atoms with van der Waals surface area (Å²) in [5, 5.41) is 0. The zero-order valence-electron chi connectivity index (χ0n) is 6.55. The van der Waals surface area contributed by atoms with E-state index in [2.05, 4.69) is 11.9 Å². The Labute approximate surface area is 62.1 Å². The smallest absolute Gasteiger partial charge is 0.0645 e. The van der Waals surface area contributed by atoms with Gasteiger partial charge in [-0.25, -0.2) is 0 Å². The van der Waals surface area contributed by atoms with Gasteiger partial charge in [0.2, 0.25) is 0 Å². The Hall–Kier alpha value is -0.120. The molecule has 1 saturated heterocycles. The number of likely N-dealkylation sites (N-methyl/N-ethyl adjacent to an activating group) is 1. The van der Waals surface area contributed by atoms with Crippen molar-refractivity contribution in [1.82, 2.24) is 4.90 Å². The lowest BCUT2D eigenvalue weighted by Crippen LogP contribution is -2.47. The average Bonchev–Trinajstić information content (AvgIpc) is 1.79. The number of hydrogen-bond donors (Lipinski definition) is 1. The van der Waals surface area contributed by atoms with Crippen molar-refractivity contribution in [2.24, 2.45) is 5.73 Å². The fraction of sp³-hybridized carbons (Fsp3) is 1.00.